The Labute approximate surface area is 189 Å². The zero-order chi connectivity index (χ0) is 22.3. The van der Waals surface area contributed by atoms with Gasteiger partial charge < -0.3 is 13.7 Å². The van der Waals surface area contributed by atoms with Gasteiger partial charge in [0.15, 0.2) is 5.76 Å². The predicted molar refractivity (Wildman–Crippen MR) is 129 cm³/mol. The Morgan fingerprint density at radius 3 is 1.72 bits per heavy atom. The van der Waals surface area contributed by atoms with E-state index in [1.54, 1.807) is 0 Å². The Morgan fingerprint density at radius 2 is 1.16 bits per heavy atom. The lowest BCUT2D eigenvalue weighted by Crippen LogP contribution is -2.41. The normalized spacial score (nSPS) is 16.9. The molecular formula is C27H26BNO3. The number of rotatable bonds is 4. The molecule has 4 aromatic rings. The fourth-order valence-corrected chi connectivity index (χ4v) is 3.78. The Hall–Kier alpha value is -3.15. The molecule has 0 spiro atoms. The molecule has 3 aromatic carbocycles. The number of hydrogen-bond acceptors (Lipinski definition) is 4. The van der Waals surface area contributed by atoms with Gasteiger partial charge in [0.2, 0.25) is 5.89 Å². The third-order valence-corrected chi connectivity index (χ3v) is 6.39. The maximum absolute atomic E-state index is 6.30. The van der Waals surface area contributed by atoms with Gasteiger partial charge in [0, 0.05) is 16.7 Å². The number of oxazole rings is 1. The Balaban J connectivity index is 1.50. The van der Waals surface area contributed by atoms with Crippen molar-refractivity contribution < 1.29 is 13.7 Å². The van der Waals surface area contributed by atoms with Crippen molar-refractivity contribution >= 4 is 12.6 Å². The molecule has 0 atom stereocenters. The Bertz CT molecular complexity index is 1140. The van der Waals surface area contributed by atoms with Crippen LogP contribution >= 0.6 is 0 Å². The highest BCUT2D eigenvalue weighted by atomic mass is 16.7. The van der Waals surface area contributed by atoms with E-state index in [9.17, 15) is 0 Å². The monoisotopic (exact) mass is 423 g/mol. The van der Waals surface area contributed by atoms with Gasteiger partial charge in [0.05, 0.1) is 11.2 Å². The Kier molecular flexibility index (Phi) is 5.03. The van der Waals surface area contributed by atoms with Gasteiger partial charge in [-0.15, -0.1) is 0 Å². The van der Waals surface area contributed by atoms with E-state index in [1.807, 2.05) is 72.8 Å². The molecule has 0 saturated carbocycles. The highest BCUT2D eigenvalue weighted by molar-refractivity contribution is 6.62. The van der Waals surface area contributed by atoms with E-state index in [0.717, 1.165) is 33.6 Å². The van der Waals surface area contributed by atoms with Crippen LogP contribution in [0.2, 0.25) is 0 Å². The second-order valence-electron chi connectivity index (χ2n) is 9.14. The lowest BCUT2D eigenvalue weighted by atomic mass is 9.79. The summed E-state index contributed by atoms with van der Waals surface area (Å²) in [5.74, 6) is 1.35. The van der Waals surface area contributed by atoms with Gasteiger partial charge in [0.1, 0.15) is 5.69 Å². The fraction of sp³-hybridized carbons (Fsp3) is 0.222. The molecule has 2 heterocycles. The second kappa shape index (κ2) is 7.77. The van der Waals surface area contributed by atoms with Crippen molar-refractivity contribution in [3.05, 3.63) is 84.9 Å². The van der Waals surface area contributed by atoms with Crippen LogP contribution in [0, 0.1) is 0 Å². The van der Waals surface area contributed by atoms with Crippen LogP contribution in [0.25, 0.3) is 34.0 Å². The lowest BCUT2D eigenvalue weighted by Gasteiger charge is -2.32. The zero-order valence-electron chi connectivity index (χ0n) is 18.8. The SMILES string of the molecule is CC1(C)OB(c2ccc(-c3nc(-c4ccccc4)c(-c4ccccc4)o3)cc2)OC1(C)C. The predicted octanol–water partition coefficient (Wildman–Crippen LogP) is 5.97. The van der Waals surface area contributed by atoms with Crippen molar-refractivity contribution in [2.75, 3.05) is 0 Å². The molecule has 1 aliphatic rings. The first kappa shape index (κ1) is 20.7. The molecule has 1 saturated heterocycles. The summed E-state index contributed by atoms with van der Waals surface area (Å²) in [6.07, 6.45) is 0. The van der Waals surface area contributed by atoms with Crippen molar-refractivity contribution in [2.24, 2.45) is 0 Å². The minimum Gasteiger partial charge on any atom is -0.435 e. The highest BCUT2D eigenvalue weighted by Crippen LogP contribution is 2.37. The van der Waals surface area contributed by atoms with Gasteiger partial charge in [-0.2, -0.15) is 0 Å². The quantitative estimate of drug-likeness (QED) is 0.379. The van der Waals surface area contributed by atoms with Crippen LogP contribution < -0.4 is 5.46 Å². The molecule has 0 unspecified atom stereocenters. The van der Waals surface area contributed by atoms with E-state index >= 15 is 0 Å². The largest absolute Gasteiger partial charge is 0.494 e. The molecule has 32 heavy (non-hydrogen) atoms. The average molecular weight is 423 g/mol. The zero-order valence-corrected chi connectivity index (χ0v) is 18.8. The molecule has 0 amide bonds. The molecule has 1 aliphatic heterocycles. The van der Waals surface area contributed by atoms with Crippen LogP contribution in [0.4, 0.5) is 0 Å². The molecule has 0 radical (unpaired) electrons. The Morgan fingerprint density at radius 1 is 0.625 bits per heavy atom. The van der Waals surface area contributed by atoms with Crippen LogP contribution in [-0.2, 0) is 9.31 Å². The fourth-order valence-electron chi connectivity index (χ4n) is 3.78. The summed E-state index contributed by atoms with van der Waals surface area (Å²) in [5, 5.41) is 0. The van der Waals surface area contributed by atoms with E-state index in [4.69, 9.17) is 18.7 Å². The molecule has 0 aliphatic carbocycles. The summed E-state index contributed by atoms with van der Waals surface area (Å²) in [7, 11) is -0.390. The van der Waals surface area contributed by atoms with Crippen LogP contribution in [-0.4, -0.2) is 23.3 Å². The number of nitrogens with zero attached hydrogens (tertiary/aromatic N) is 1. The smallest absolute Gasteiger partial charge is 0.435 e. The summed E-state index contributed by atoms with van der Waals surface area (Å²) in [5.41, 5.74) is 4.01. The summed E-state index contributed by atoms with van der Waals surface area (Å²) < 4.78 is 18.6. The second-order valence-corrected chi connectivity index (χ2v) is 9.14. The van der Waals surface area contributed by atoms with Crippen LogP contribution in [0.15, 0.2) is 89.3 Å². The van der Waals surface area contributed by atoms with E-state index in [0.29, 0.717) is 5.89 Å². The van der Waals surface area contributed by atoms with Crippen molar-refractivity contribution in [2.45, 2.75) is 38.9 Å². The van der Waals surface area contributed by atoms with Gasteiger partial charge in [-0.25, -0.2) is 4.98 Å². The van der Waals surface area contributed by atoms with Crippen molar-refractivity contribution in [3.63, 3.8) is 0 Å². The maximum Gasteiger partial charge on any atom is 0.494 e. The maximum atomic E-state index is 6.30. The van der Waals surface area contributed by atoms with Gasteiger partial charge >= 0.3 is 7.12 Å². The molecule has 4 nitrogen and oxygen atoms in total. The molecule has 0 bridgehead atoms. The summed E-state index contributed by atoms with van der Waals surface area (Å²) in [6.45, 7) is 8.24. The van der Waals surface area contributed by atoms with E-state index in [-0.39, 0.29) is 11.2 Å². The molecule has 160 valence electrons. The van der Waals surface area contributed by atoms with Crippen LogP contribution in [0.3, 0.4) is 0 Å². The van der Waals surface area contributed by atoms with E-state index in [1.165, 1.54) is 0 Å². The summed E-state index contributed by atoms with van der Waals surface area (Å²) in [6, 6.07) is 28.3. The number of aromatic nitrogens is 1. The first-order chi connectivity index (χ1) is 15.3. The molecule has 1 fully saturated rings. The first-order valence-electron chi connectivity index (χ1n) is 10.9. The topological polar surface area (TPSA) is 44.5 Å². The van der Waals surface area contributed by atoms with Crippen molar-refractivity contribution in [1.82, 2.24) is 4.98 Å². The molecule has 1 aromatic heterocycles. The molecule has 5 heteroatoms. The molecule has 5 rings (SSSR count). The minimum absolute atomic E-state index is 0.367. The van der Waals surface area contributed by atoms with Crippen molar-refractivity contribution in [1.29, 1.82) is 0 Å². The van der Waals surface area contributed by atoms with Gasteiger partial charge in [0.25, 0.3) is 0 Å². The molecule has 0 N–H and O–H groups in total. The third-order valence-electron chi connectivity index (χ3n) is 6.39. The highest BCUT2D eigenvalue weighted by Gasteiger charge is 2.51. The van der Waals surface area contributed by atoms with Crippen molar-refractivity contribution in [3.8, 4) is 34.0 Å². The minimum atomic E-state index is -0.390. The molecular weight excluding hydrogens is 397 g/mol. The van der Waals surface area contributed by atoms with E-state index < -0.39 is 7.12 Å². The third kappa shape index (κ3) is 3.68. The summed E-state index contributed by atoms with van der Waals surface area (Å²) in [4.78, 5) is 4.87. The standard InChI is InChI=1S/C27H26BNO3/c1-26(2)27(3,4)32-28(31-26)22-17-15-21(16-18-22)25-29-23(19-11-7-5-8-12-19)24(30-25)20-13-9-6-10-14-20/h5-18H,1-4H3. The van der Waals surface area contributed by atoms with Crippen LogP contribution in [0.1, 0.15) is 27.7 Å². The number of hydrogen-bond donors (Lipinski definition) is 0. The first-order valence-corrected chi connectivity index (χ1v) is 10.9. The summed E-state index contributed by atoms with van der Waals surface area (Å²) >= 11 is 0. The van der Waals surface area contributed by atoms with Gasteiger partial charge in [-0.05, 0) is 45.3 Å². The van der Waals surface area contributed by atoms with E-state index in [2.05, 4.69) is 39.8 Å². The lowest BCUT2D eigenvalue weighted by molar-refractivity contribution is 0.00578. The van der Waals surface area contributed by atoms with Crippen LogP contribution in [0.5, 0.6) is 0 Å². The van der Waals surface area contributed by atoms with Gasteiger partial charge in [-0.1, -0.05) is 72.8 Å². The van der Waals surface area contributed by atoms with Gasteiger partial charge in [-0.3, -0.25) is 0 Å². The number of benzene rings is 3. The average Bonchev–Trinajstić information content (AvgIpc) is 3.34.